The average Bonchev–Trinajstić information content (AvgIpc) is 2.05. The summed E-state index contributed by atoms with van der Waals surface area (Å²) in [5.74, 6) is 0. The van der Waals surface area contributed by atoms with Crippen LogP contribution in [-0.2, 0) is 0 Å². The van der Waals surface area contributed by atoms with Gasteiger partial charge in [0.25, 0.3) is 0 Å². The molecule has 0 saturated heterocycles. The van der Waals surface area contributed by atoms with Crippen molar-refractivity contribution in [2.45, 2.75) is 59.0 Å². The number of nitrogens with zero attached hydrogens (tertiary/aromatic N) is 1. The SMILES string of the molecule is CCCC(C)N(CCCN)C(C)C. The molecule has 0 bridgehead atoms. The molecule has 0 spiro atoms. The molecule has 0 aliphatic carbocycles. The van der Waals surface area contributed by atoms with Gasteiger partial charge in [-0.1, -0.05) is 13.3 Å². The topological polar surface area (TPSA) is 29.3 Å². The molecule has 0 aliphatic rings. The smallest absolute Gasteiger partial charge is 0.00695 e. The molecule has 0 aromatic carbocycles. The van der Waals surface area contributed by atoms with E-state index in [-0.39, 0.29) is 0 Å². The predicted octanol–water partition coefficient (Wildman–Crippen LogP) is 2.23. The van der Waals surface area contributed by atoms with Crippen molar-refractivity contribution < 1.29 is 0 Å². The second kappa shape index (κ2) is 7.34. The molecule has 80 valence electrons. The van der Waals surface area contributed by atoms with Crippen molar-refractivity contribution in [3.05, 3.63) is 0 Å². The highest BCUT2D eigenvalue weighted by Gasteiger charge is 2.14. The van der Waals surface area contributed by atoms with Gasteiger partial charge in [-0.3, -0.25) is 4.90 Å². The highest BCUT2D eigenvalue weighted by molar-refractivity contribution is 4.70. The van der Waals surface area contributed by atoms with Crippen LogP contribution in [0.25, 0.3) is 0 Å². The summed E-state index contributed by atoms with van der Waals surface area (Å²) in [5, 5.41) is 0. The molecule has 1 atom stereocenters. The van der Waals surface area contributed by atoms with Crippen LogP contribution in [0.3, 0.4) is 0 Å². The standard InChI is InChI=1S/C11H26N2/c1-5-7-11(4)13(10(2)3)9-6-8-12/h10-11H,5-9,12H2,1-4H3. The molecule has 2 N–H and O–H groups in total. The third-order valence-corrected chi connectivity index (χ3v) is 2.56. The zero-order valence-corrected chi connectivity index (χ0v) is 9.71. The normalized spacial score (nSPS) is 14.1. The summed E-state index contributed by atoms with van der Waals surface area (Å²) >= 11 is 0. The molecule has 0 aliphatic heterocycles. The van der Waals surface area contributed by atoms with Crippen LogP contribution in [0.4, 0.5) is 0 Å². The zero-order chi connectivity index (χ0) is 10.3. The van der Waals surface area contributed by atoms with E-state index in [1.165, 1.54) is 12.8 Å². The maximum Gasteiger partial charge on any atom is 0.00695 e. The van der Waals surface area contributed by atoms with Crippen LogP contribution in [0.5, 0.6) is 0 Å². The Kier molecular flexibility index (Phi) is 7.29. The van der Waals surface area contributed by atoms with E-state index in [4.69, 9.17) is 5.73 Å². The van der Waals surface area contributed by atoms with Crippen molar-refractivity contribution in [2.75, 3.05) is 13.1 Å². The van der Waals surface area contributed by atoms with Crippen molar-refractivity contribution in [3.63, 3.8) is 0 Å². The van der Waals surface area contributed by atoms with Crippen LogP contribution in [0.1, 0.15) is 47.0 Å². The lowest BCUT2D eigenvalue weighted by Crippen LogP contribution is -2.39. The fourth-order valence-electron chi connectivity index (χ4n) is 1.85. The summed E-state index contributed by atoms with van der Waals surface area (Å²) in [6.07, 6.45) is 3.68. The fraction of sp³-hybridized carbons (Fsp3) is 1.00. The van der Waals surface area contributed by atoms with Gasteiger partial charge in [0.15, 0.2) is 0 Å². The Bertz CT molecular complexity index is 113. The van der Waals surface area contributed by atoms with Gasteiger partial charge in [0.1, 0.15) is 0 Å². The quantitative estimate of drug-likeness (QED) is 0.660. The molecule has 0 aromatic heterocycles. The van der Waals surface area contributed by atoms with Crippen molar-refractivity contribution in [3.8, 4) is 0 Å². The zero-order valence-electron chi connectivity index (χ0n) is 9.71. The van der Waals surface area contributed by atoms with E-state index in [1.807, 2.05) is 0 Å². The summed E-state index contributed by atoms with van der Waals surface area (Å²) < 4.78 is 0. The first-order valence-corrected chi connectivity index (χ1v) is 5.59. The van der Waals surface area contributed by atoms with Crippen LogP contribution in [0.15, 0.2) is 0 Å². The minimum atomic E-state index is 0.646. The molecule has 2 heteroatoms. The molecule has 0 radical (unpaired) electrons. The van der Waals surface area contributed by atoms with E-state index in [9.17, 15) is 0 Å². The Morgan fingerprint density at radius 1 is 1.23 bits per heavy atom. The minimum absolute atomic E-state index is 0.646. The van der Waals surface area contributed by atoms with Crippen molar-refractivity contribution in [1.29, 1.82) is 0 Å². The first kappa shape index (κ1) is 12.9. The molecular weight excluding hydrogens is 160 g/mol. The van der Waals surface area contributed by atoms with Crippen LogP contribution in [0, 0.1) is 0 Å². The van der Waals surface area contributed by atoms with E-state index in [0.717, 1.165) is 19.5 Å². The number of hydrogen-bond acceptors (Lipinski definition) is 2. The van der Waals surface area contributed by atoms with Gasteiger partial charge in [0, 0.05) is 12.1 Å². The van der Waals surface area contributed by atoms with Crippen molar-refractivity contribution in [2.24, 2.45) is 5.73 Å². The maximum atomic E-state index is 5.52. The minimum Gasteiger partial charge on any atom is -0.330 e. The Balaban J connectivity index is 3.91. The Labute approximate surface area is 83.5 Å². The monoisotopic (exact) mass is 186 g/mol. The van der Waals surface area contributed by atoms with Gasteiger partial charge in [-0.2, -0.15) is 0 Å². The summed E-state index contributed by atoms with van der Waals surface area (Å²) in [5.41, 5.74) is 5.52. The van der Waals surface area contributed by atoms with Gasteiger partial charge in [-0.15, -0.1) is 0 Å². The predicted molar refractivity (Wildman–Crippen MR) is 59.9 cm³/mol. The maximum absolute atomic E-state index is 5.52. The lowest BCUT2D eigenvalue weighted by atomic mass is 10.1. The van der Waals surface area contributed by atoms with E-state index in [0.29, 0.717) is 12.1 Å². The third kappa shape index (κ3) is 5.27. The number of rotatable bonds is 7. The van der Waals surface area contributed by atoms with E-state index < -0.39 is 0 Å². The molecule has 0 fully saturated rings. The Morgan fingerprint density at radius 2 is 1.85 bits per heavy atom. The van der Waals surface area contributed by atoms with Gasteiger partial charge < -0.3 is 5.73 Å². The summed E-state index contributed by atoms with van der Waals surface area (Å²) in [4.78, 5) is 2.55. The largest absolute Gasteiger partial charge is 0.330 e. The second-order valence-electron chi connectivity index (χ2n) is 4.11. The molecule has 0 aromatic rings. The average molecular weight is 186 g/mol. The highest BCUT2D eigenvalue weighted by Crippen LogP contribution is 2.10. The van der Waals surface area contributed by atoms with Gasteiger partial charge in [-0.25, -0.2) is 0 Å². The summed E-state index contributed by atoms with van der Waals surface area (Å²) in [7, 11) is 0. The third-order valence-electron chi connectivity index (χ3n) is 2.56. The summed E-state index contributed by atoms with van der Waals surface area (Å²) in [6.45, 7) is 11.1. The van der Waals surface area contributed by atoms with Crippen LogP contribution in [-0.4, -0.2) is 30.1 Å². The first-order chi connectivity index (χ1) is 6.13. The van der Waals surface area contributed by atoms with Crippen LogP contribution < -0.4 is 5.73 Å². The van der Waals surface area contributed by atoms with E-state index >= 15 is 0 Å². The number of nitrogens with two attached hydrogens (primary N) is 1. The molecular formula is C11H26N2. The molecule has 0 saturated carbocycles. The van der Waals surface area contributed by atoms with E-state index in [1.54, 1.807) is 0 Å². The van der Waals surface area contributed by atoms with Gasteiger partial charge in [-0.05, 0) is 46.7 Å². The molecule has 0 heterocycles. The fourth-order valence-corrected chi connectivity index (χ4v) is 1.85. The molecule has 13 heavy (non-hydrogen) atoms. The van der Waals surface area contributed by atoms with Crippen LogP contribution >= 0.6 is 0 Å². The number of hydrogen-bond donors (Lipinski definition) is 1. The lowest BCUT2D eigenvalue weighted by molar-refractivity contribution is 0.155. The molecule has 0 amide bonds. The van der Waals surface area contributed by atoms with E-state index in [2.05, 4.69) is 32.6 Å². The Morgan fingerprint density at radius 3 is 2.23 bits per heavy atom. The van der Waals surface area contributed by atoms with Gasteiger partial charge in [0.2, 0.25) is 0 Å². The molecule has 1 unspecified atom stereocenters. The second-order valence-corrected chi connectivity index (χ2v) is 4.11. The van der Waals surface area contributed by atoms with Gasteiger partial charge >= 0.3 is 0 Å². The van der Waals surface area contributed by atoms with Crippen molar-refractivity contribution >= 4 is 0 Å². The lowest BCUT2D eigenvalue weighted by Gasteiger charge is -2.32. The van der Waals surface area contributed by atoms with Crippen LogP contribution in [0.2, 0.25) is 0 Å². The highest BCUT2D eigenvalue weighted by atomic mass is 15.2. The molecule has 0 rings (SSSR count). The molecule has 2 nitrogen and oxygen atoms in total. The van der Waals surface area contributed by atoms with Crippen molar-refractivity contribution in [1.82, 2.24) is 4.90 Å². The Hall–Kier alpha value is -0.0800. The first-order valence-electron chi connectivity index (χ1n) is 5.59. The summed E-state index contributed by atoms with van der Waals surface area (Å²) in [6, 6.07) is 1.35. The van der Waals surface area contributed by atoms with Gasteiger partial charge in [0.05, 0.1) is 0 Å².